The first-order chi connectivity index (χ1) is 9.86. The molecule has 1 aliphatic rings. The van der Waals surface area contributed by atoms with Crippen molar-refractivity contribution in [2.75, 3.05) is 23.3 Å². The number of hydrogen-bond donors (Lipinski definition) is 1. The highest BCUT2D eigenvalue weighted by atomic mass is 15.2. The van der Waals surface area contributed by atoms with E-state index in [1.54, 1.807) is 0 Å². The van der Waals surface area contributed by atoms with Crippen molar-refractivity contribution in [3.63, 3.8) is 0 Å². The molecule has 0 saturated heterocycles. The van der Waals surface area contributed by atoms with Crippen molar-refractivity contribution in [3.8, 4) is 6.07 Å². The van der Waals surface area contributed by atoms with E-state index in [2.05, 4.69) is 40.6 Å². The topological polar surface area (TPSA) is 39.1 Å². The summed E-state index contributed by atoms with van der Waals surface area (Å²) in [5.41, 5.74) is 4.42. The van der Waals surface area contributed by atoms with Crippen molar-refractivity contribution in [1.82, 2.24) is 0 Å². The number of rotatable bonds is 2. The van der Waals surface area contributed by atoms with Crippen LogP contribution in [-0.4, -0.2) is 13.1 Å². The summed E-state index contributed by atoms with van der Waals surface area (Å²) in [6.45, 7) is 2.94. The zero-order valence-corrected chi connectivity index (χ0v) is 11.3. The lowest BCUT2D eigenvalue weighted by Gasteiger charge is -2.24. The van der Waals surface area contributed by atoms with Crippen LogP contribution >= 0.6 is 0 Å². The molecular formula is C17H17N3. The summed E-state index contributed by atoms with van der Waals surface area (Å²) in [7, 11) is 0. The van der Waals surface area contributed by atoms with Crippen LogP contribution in [0.3, 0.4) is 0 Å². The van der Waals surface area contributed by atoms with Gasteiger partial charge in [0.2, 0.25) is 0 Å². The van der Waals surface area contributed by atoms with E-state index in [9.17, 15) is 0 Å². The average Bonchev–Trinajstić information content (AvgIpc) is 2.71. The third-order valence-electron chi connectivity index (χ3n) is 3.62. The van der Waals surface area contributed by atoms with Gasteiger partial charge < -0.3 is 10.2 Å². The molecular weight excluding hydrogens is 246 g/mol. The predicted molar refractivity (Wildman–Crippen MR) is 81.8 cm³/mol. The number of nitrogens with zero attached hydrogens (tertiary/aromatic N) is 2. The maximum absolute atomic E-state index is 8.85. The highest BCUT2D eigenvalue weighted by Crippen LogP contribution is 2.29. The zero-order chi connectivity index (χ0) is 13.8. The van der Waals surface area contributed by atoms with Crippen LogP contribution in [0.5, 0.6) is 0 Å². The number of benzene rings is 2. The van der Waals surface area contributed by atoms with Crippen molar-refractivity contribution >= 4 is 11.4 Å². The molecule has 1 heterocycles. The van der Waals surface area contributed by atoms with Crippen LogP contribution in [0.2, 0.25) is 0 Å². The van der Waals surface area contributed by atoms with Crippen LogP contribution in [0.1, 0.15) is 17.5 Å². The van der Waals surface area contributed by atoms with E-state index in [1.807, 2.05) is 24.3 Å². The van der Waals surface area contributed by atoms with Gasteiger partial charge in [-0.1, -0.05) is 24.3 Å². The minimum atomic E-state index is 0.715. The van der Waals surface area contributed by atoms with Crippen LogP contribution in [0.15, 0.2) is 48.5 Å². The molecule has 0 unspecified atom stereocenters. The molecule has 0 saturated carbocycles. The van der Waals surface area contributed by atoms with Crippen molar-refractivity contribution in [2.24, 2.45) is 0 Å². The lowest BCUT2D eigenvalue weighted by atomic mass is 10.1. The Morgan fingerprint density at radius 2 is 1.90 bits per heavy atom. The Balaban J connectivity index is 1.84. The number of nitrogens with one attached hydrogen (secondary N) is 1. The van der Waals surface area contributed by atoms with E-state index in [0.29, 0.717) is 5.56 Å². The Morgan fingerprint density at radius 3 is 2.70 bits per heavy atom. The van der Waals surface area contributed by atoms with Crippen LogP contribution < -0.4 is 10.2 Å². The molecule has 0 spiro atoms. The first-order valence-corrected chi connectivity index (χ1v) is 6.94. The van der Waals surface area contributed by atoms with Gasteiger partial charge in [-0.05, 0) is 36.2 Å². The third kappa shape index (κ3) is 2.60. The van der Waals surface area contributed by atoms with E-state index in [4.69, 9.17) is 5.26 Å². The maximum atomic E-state index is 8.85. The molecule has 0 aliphatic carbocycles. The lowest BCUT2D eigenvalue weighted by molar-refractivity contribution is 0.764. The van der Waals surface area contributed by atoms with Crippen LogP contribution in [0, 0.1) is 11.3 Å². The fourth-order valence-electron chi connectivity index (χ4n) is 2.58. The van der Waals surface area contributed by atoms with Gasteiger partial charge in [0.15, 0.2) is 0 Å². The van der Waals surface area contributed by atoms with Crippen molar-refractivity contribution < 1.29 is 0 Å². The van der Waals surface area contributed by atoms with E-state index in [0.717, 1.165) is 26.1 Å². The number of hydrogen-bond acceptors (Lipinski definition) is 3. The molecule has 0 aromatic heterocycles. The van der Waals surface area contributed by atoms with Crippen LogP contribution in [0.25, 0.3) is 0 Å². The normalized spacial score (nSPS) is 13.8. The van der Waals surface area contributed by atoms with E-state index >= 15 is 0 Å². The largest absolute Gasteiger partial charge is 0.383 e. The molecule has 3 nitrogen and oxygen atoms in total. The number of para-hydroxylation sites is 2. The van der Waals surface area contributed by atoms with Gasteiger partial charge in [-0.3, -0.25) is 0 Å². The second-order valence-corrected chi connectivity index (χ2v) is 5.03. The third-order valence-corrected chi connectivity index (χ3v) is 3.62. The van der Waals surface area contributed by atoms with Gasteiger partial charge in [0.05, 0.1) is 23.0 Å². The zero-order valence-electron chi connectivity index (χ0n) is 11.3. The Morgan fingerprint density at radius 1 is 1.10 bits per heavy atom. The smallest absolute Gasteiger partial charge is 0.0991 e. The molecule has 0 fully saturated rings. The number of anilines is 2. The van der Waals surface area contributed by atoms with Crippen molar-refractivity contribution in [2.45, 2.75) is 13.0 Å². The molecule has 3 rings (SSSR count). The summed E-state index contributed by atoms with van der Waals surface area (Å²) >= 11 is 0. The van der Waals surface area contributed by atoms with Crippen LogP contribution in [0.4, 0.5) is 11.4 Å². The Kier molecular flexibility index (Phi) is 3.56. The SMILES string of the molecule is N#Cc1ccc(CN2CCCNc3ccccc32)cc1. The highest BCUT2D eigenvalue weighted by molar-refractivity contribution is 5.70. The summed E-state index contributed by atoms with van der Waals surface area (Å²) in [5, 5.41) is 12.3. The first kappa shape index (κ1) is 12.6. The van der Waals surface area contributed by atoms with Gasteiger partial charge in [-0.15, -0.1) is 0 Å². The molecule has 0 amide bonds. The Bertz CT molecular complexity index is 625. The van der Waals surface area contributed by atoms with E-state index in [-0.39, 0.29) is 0 Å². The summed E-state index contributed by atoms with van der Waals surface area (Å²) in [6, 6.07) is 18.5. The second kappa shape index (κ2) is 5.66. The minimum Gasteiger partial charge on any atom is -0.383 e. The predicted octanol–water partition coefficient (Wildman–Crippen LogP) is 3.38. The molecule has 1 N–H and O–H groups in total. The monoisotopic (exact) mass is 263 g/mol. The van der Waals surface area contributed by atoms with E-state index < -0.39 is 0 Å². The molecule has 2 aromatic rings. The molecule has 2 aromatic carbocycles. The molecule has 0 bridgehead atoms. The standard InChI is InChI=1S/C17H17N3/c18-12-14-6-8-15(9-7-14)13-20-11-3-10-19-16-4-1-2-5-17(16)20/h1-2,4-9,19H,3,10-11,13H2. The van der Waals surface area contributed by atoms with Gasteiger partial charge in [0, 0.05) is 19.6 Å². The second-order valence-electron chi connectivity index (χ2n) is 5.03. The fourth-order valence-corrected chi connectivity index (χ4v) is 2.58. The average molecular weight is 263 g/mol. The number of fused-ring (bicyclic) bond motifs is 1. The summed E-state index contributed by atoms with van der Waals surface area (Å²) < 4.78 is 0. The molecule has 20 heavy (non-hydrogen) atoms. The van der Waals surface area contributed by atoms with Gasteiger partial charge in [0.25, 0.3) is 0 Å². The number of nitriles is 1. The van der Waals surface area contributed by atoms with Gasteiger partial charge in [-0.25, -0.2) is 0 Å². The Hall–Kier alpha value is -2.47. The summed E-state index contributed by atoms with van der Waals surface area (Å²) in [6.07, 6.45) is 1.13. The van der Waals surface area contributed by atoms with Gasteiger partial charge in [-0.2, -0.15) is 5.26 Å². The molecule has 100 valence electrons. The molecule has 3 heteroatoms. The van der Waals surface area contributed by atoms with Gasteiger partial charge >= 0.3 is 0 Å². The van der Waals surface area contributed by atoms with Gasteiger partial charge in [0.1, 0.15) is 0 Å². The quantitative estimate of drug-likeness (QED) is 0.902. The highest BCUT2D eigenvalue weighted by Gasteiger charge is 2.14. The summed E-state index contributed by atoms with van der Waals surface area (Å²) in [4.78, 5) is 2.40. The molecule has 0 atom stereocenters. The van der Waals surface area contributed by atoms with Crippen molar-refractivity contribution in [3.05, 3.63) is 59.7 Å². The maximum Gasteiger partial charge on any atom is 0.0991 e. The van der Waals surface area contributed by atoms with E-state index in [1.165, 1.54) is 16.9 Å². The van der Waals surface area contributed by atoms with Crippen molar-refractivity contribution in [1.29, 1.82) is 5.26 Å². The minimum absolute atomic E-state index is 0.715. The Labute approximate surface area is 119 Å². The first-order valence-electron chi connectivity index (χ1n) is 6.94. The van der Waals surface area contributed by atoms with Crippen LogP contribution in [-0.2, 0) is 6.54 Å². The fraction of sp³-hybridized carbons (Fsp3) is 0.235. The molecule has 0 radical (unpaired) electrons. The lowest BCUT2D eigenvalue weighted by Crippen LogP contribution is -2.23. The molecule has 1 aliphatic heterocycles. The summed E-state index contributed by atoms with van der Waals surface area (Å²) in [5.74, 6) is 0.